The maximum atomic E-state index is 10.8. The molecule has 0 unspecified atom stereocenters. The van der Waals surface area contributed by atoms with E-state index in [2.05, 4.69) is 4.98 Å². The number of hydrogen-bond acceptors (Lipinski definition) is 5. The van der Waals surface area contributed by atoms with Crippen LogP contribution in [0.3, 0.4) is 0 Å². The predicted octanol–water partition coefficient (Wildman–Crippen LogP) is 2.98. The number of benzene rings is 1. The molecule has 1 aromatic heterocycles. The molecular weight excluding hydrogens is 246 g/mol. The van der Waals surface area contributed by atoms with Gasteiger partial charge in [0.1, 0.15) is 5.75 Å². The number of rotatable bonds is 3. The Hall–Kier alpha value is -2.63. The maximum Gasteiger partial charge on any atom is 0.276 e. The highest BCUT2D eigenvalue weighted by Crippen LogP contribution is 2.30. The van der Waals surface area contributed by atoms with Crippen LogP contribution in [0.15, 0.2) is 30.3 Å². The number of nitro groups is 1. The number of aromatic nitrogens is 1. The van der Waals surface area contributed by atoms with Gasteiger partial charge in [-0.15, -0.1) is 0 Å². The van der Waals surface area contributed by atoms with Crippen LogP contribution in [-0.4, -0.2) is 9.91 Å². The maximum absolute atomic E-state index is 10.8. The van der Waals surface area contributed by atoms with E-state index >= 15 is 0 Å². The number of hydrogen-bond donors (Lipinski definition) is 1. The van der Waals surface area contributed by atoms with Gasteiger partial charge >= 0.3 is 0 Å². The van der Waals surface area contributed by atoms with Gasteiger partial charge in [-0.25, -0.2) is 4.98 Å². The first-order valence-electron chi connectivity index (χ1n) is 5.64. The minimum absolute atomic E-state index is 0.0182. The van der Waals surface area contributed by atoms with Crippen molar-refractivity contribution in [2.45, 2.75) is 13.8 Å². The summed E-state index contributed by atoms with van der Waals surface area (Å²) in [5.41, 5.74) is 7.37. The van der Waals surface area contributed by atoms with Crippen molar-refractivity contribution in [1.82, 2.24) is 4.98 Å². The van der Waals surface area contributed by atoms with Crippen molar-refractivity contribution < 1.29 is 9.66 Å². The van der Waals surface area contributed by atoms with Gasteiger partial charge in [-0.3, -0.25) is 10.1 Å². The zero-order chi connectivity index (χ0) is 14.0. The fraction of sp³-hybridized carbons (Fsp3) is 0.154. The molecule has 0 atom stereocenters. The molecule has 1 heterocycles. The lowest BCUT2D eigenvalue weighted by atomic mass is 10.2. The minimum atomic E-state index is -0.441. The topological polar surface area (TPSA) is 91.3 Å². The molecule has 2 aromatic rings. The molecule has 6 heteroatoms. The third-order valence-corrected chi connectivity index (χ3v) is 2.77. The number of ether oxygens (including phenoxy) is 1. The van der Waals surface area contributed by atoms with E-state index in [0.717, 1.165) is 0 Å². The molecule has 0 aliphatic rings. The third kappa shape index (κ3) is 2.62. The van der Waals surface area contributed by atoms with Gasteiger partial charge in [0.2, 0.25) is 5.88 Å². The van der Waals surface area contributed by atoms with Crippen LogP contribution in [0.1, 0.15) is 11.3 Å². The fourth-order valence-corrected chi connectivity index (χ4v) is 1.63. The molecule has 0 radical (unpaired) electrons. The van der Waals surface area contributed by atoms with Gasteiger partial charge in [-0.2, -0.15) is 0 Å². The van der Waals surface area contributed by atoms with Crippen molar-refractivity contribution >= 4 is 11.4 Å². The SMILES string of the molecule is Cc1nc(Oc2cccc([N+](=O)[O-])c2C)ccc1N. The minimum Gasteiger partial charge on any atom is -0.438 e. The first-order valence-corrected chi connectivity index (χ1v) is 5.64. The Morgan fingerprint density at radius 1 is 1.26 bits per heavy atom. The zero-order valence-corrected chi connectivity index (χ0v) is 10.6. The lowest BCUT2D eigenvalue weighted by Crippen LogP contribution is -1.97. The first kappa shape index (κ1) is 12.8. The van der Waals surface area contributed by atoms with Crippen molar-refractivity contribution in [3.05, 3.63) is 51.7 Å². The second-order valence-corrected chi connectivity index (χ2v) is 4.08. The Labute approximate surface area is 110 Å². The summed E-state index contributed by atoms with van der Waals surface area (Å²) in [6, 6.07) is 7.98. The highest BCUT2D eigenvalue weighted by atomic mass is 16.6. The van der Waals surface area contributed by atoms with Crippen LogP contribution in [0.25, 0.3) is 0 Å². The highest BCUT2D eigenvalue weighted by Gasteiger charge is 2.15. The van der Waals surface area contributed by atoms with Gasteiger partial charge in [-0.1, -0.05) is 6.07 Å². The lowest BCUT2D eigenvalue weighted by molar-refractivity contribution is -0.385. The number of nitrogen functional groups attached to an aromatic ring is 1. The molecule has 19 heavy (non-hydrogen) atoms. The van der Waals surface area contributed by atoms with E-state index in [1.54, 1.807) is 38.1 Å². The van der Waals surface area contributed by atoms with E-state index in [-0.39, 0.29) is 5.69 Å². The summed E-state index contributed by atoms with van der Waals surface area (Å²) in [5.74, 6) is 0.765. The Kier molecular flexibility index (Phi) is 3.33. The van der Waals surface area contributed by atoms with E-state index in [4.69, 9.17) is 10.5 Å². The Morgan fingerprint density at radius 2 is 2.00 bits per heavy atom. The third-order valence-electron chi connectivity index (χ3n) is 2.77. The molecule has 2 N–H and O–H groups in total. The van der Waals surface area contributed by atoms with E-state index in [9.17, 15) is 10.1 Å². The Balaban J connectivity index is 2.35. The van der Waals surface area contributed by atoms with E-state index in [1.807, 2.05) is 0 Å². The molecule has 6 nitrogen and oxygen atoms in total. The molecule has 2 rings (SSSR count). The smallest absolute Gasteiger partial charge is 0.276 e. The van der Waals surface area contributed by atoms with Crippen molar-refractivity contribution in [3.8, 4) is 11.6 Å². The average Bonchev–Trinajstić information content (AvgIpc) is 2.36. The van der Waals surface area contributed by atoms with Crippen LogP contribution >= 0.6 is 0 Å². The van der Waals surface area contributed by atoms with Gasteiger partial charge in [-0.05, 0) is 26.0 Å². The second-order valence-electron chi connectivity index (χ2n) is 4.08. The lowest BCUT2D eigenvalue weighted by Gasteiger charge is -2.09. The fourth-order valence-electron chi connectivity index (χ4n) is 1.63. The standard InChI is InChI=1S/C13H13N3O3/c1-8-11(16(17)18)4-3-5-12(8)19-13-7-6-10(14)9(2)15-13/h3-7H,14H2,1-2H3. The summed E-state index contributed by atoms with van der Waals surface area (Å²) < 4.78 is 5.56. The molecule has 1 aromatic carbocycles. The van der Waals surface area contributed by atoms with E-state index < -0.39 is 4.92 Å². The monoisotopic (exact) mass is 259 g/mol. The highest BCUT2D eigenvalue weighted by molar-refractivity contribution is 5.50. The van der Waals surface area contributed by atoms with Crippen molar-refractivity contribution in [1.29, 1.82) is 0 Å². The zero-order valence-electron chi connectivity index (χ0n) is 10.6. The van der Waals surface area contributed by atoms with E-state index in [1.165, 1.54) is 6.07 Å². The molecule has 0 aliphatic heterocycles. The molecule has 0 aliphatic carbocycles. The van der Waals surface area contributed by atoms with Crippen molar-refractivity contribution in [2.24, 2.45) is 0 Å². The van der Waals surface area contributed by atoms with Crippen LogP contribution in [0.5, 0.6) is 11.6 Å². The number of nitrogens with two attached hydrogens (primary N) is 1. The molecule has 98 valence electrons. The van der Waals surface area contributed by atoms with Crippen molar-refractivity contribution in [2.75, 3.05) is 5.73 Å². The van der Waals surface area contributed by atoms with Crippen LogP contribution in [0.2, 0.25) is 0 Å². The normalized spacial score (nSPS) is 10.2. The van der Waals surface area contributed by atoms with Gasteiger partial charge in [0.25, 0.3) is 5.69 Å². The molecule has 0 saturated carbocycles. The summed E-state index contributed by atoms with van der Waals surface area (Å²) in [5, 5.41) is 10.8. The van der Waals surface area contributed by atoms with Gasteiger partial charge in [0.05, 0.1) is 21.9 Å². The molecule has 0 bridgehead atoms. The molecule has 0 fully saturated rings. The van der Waals surface area contributed by atoms with Gasteiger partial charge in [0.15, 0.2) is 0 Å². The summed E-state index contributed by atoms with van der Waals surface area (Å²) >= 11 is 0. The van der Waals surface area contributed by atoms with Crippen LogP contribution in [0, 0.1) is 24.0 Å². The van der Waals surface area contributed by atoms with E-state index in [0.29, 0.717) is 28.6 Å². The van der Waals surface area contributed by atoms with Crippen molar-refractivity contribution in [3.63, 3.8) is 0 Å². The van der Waals surface area contributed by atoms with Crippen LogP contribution in [-0.2, 0) is 0 Å². The van der Waals surface area contributed by atoms with Crippen LogP contribution in [0.4, 0.5) is 11.4 Å². The quantitative estimate of drug-likeness (QED) is 0.675. The number of anilines is 1. The summed E-state index contributed by atoms with van der Waals surface area (Å²) in [4.78, 5) is 14.6. The number of aryl methyl sites for hydroxylation is 1. The molecule has 0 saturated heterocycles. The van der Waals surface area contributed by atoms with Gasteiger partial charge < -0.3 is 10.5 Å². The molecule has 0 amide bonds. The first-order chi connectivity index (χ1) is 8.99. The summed E-state index contributed by atoms with van der Waals surface area (Å²) in [6.45, 7) is 3.40. The number of pyridine rings is 1. The average molecular weight is 259 g/mol. The molecule has 0 spiro atoms. The molecular formula is C13H13N3O3. The van der Waals surface area contributed by atoms with Gasteiger partial charge in [0, 0.05) is 12.1 Å². The predicted molar refractivity (Wildman–Crippen MR) is 71.3 cm³/mol. The Morgan fingerprint density at radius 3 is 2.63 bits per heavy atom. The largest absolute Gasteiger partial charge is 0.438 e. The second kappa shape index (κ2) is 4.93. The Bertz CT molecular complexity index is 641. The number of nitro benzene ring substituents is 1. The summed E-state index contributed by atoms with van der Waals surface area (Å²) in [6.07, 6.45) is 0. The van der Waals surface area contributed by atoms with Crippen LogP contribution < -0.4 is 10.5 Å². The summed E-state index contributed by atoms with van der Waals surface area (Å²) in [7, 11) is 0. The number of nitrogens with zero attached hydrogens (tertiary/aromatic N) is 2.